The van der Waals surface area contributed by atoms with Crippen LogP contribution in [0.2, 0.25) is 0 Å². The summed E-state index contributed by atoms with van der Waals surface area (Å²) in [5, 5.41) is 11.6. The number of aliphatic hydroxyl groups is 1. The van der Waals surface area contributed by atoms with Crippen LogP contribution in [0.25, 0.3) is 10.8 Å². The monoisotopic (exact) mass is 378 g/mol. The van der Waals surface area contributed by atoms with Gasteiger partial charge in [0, 0.05) is 15.2 Å². The predicted octanol–water partition coefficient (Wildman–Crippen LogP) is 4.60. The van der Waals surface area contributed by atoms with Gasteiger partial charge in [-0.3, -0.25) is 0 Å². The summed E-state index contributed by atoms with van der Waals surface area (Å²) in [6, 6.07) is 10.9. The minimum Gasteiger partial charge on any atom is -0.384 e. The van der Waals surface area contributed by atoms with Crippen LogP contribution in [0, 0.1) is 3.57 Å². The molecular weight excluding hydrogens is 368 g/mol. The summed E-state index contributed by atoms with van der Waals surface area (Å²) in [6.45, 7) is 0. The molecule has 0 saturated carbocycles. The SMILES string of the molecule is OC(/C=C\C(F)(F)F)c1c(I)ccc2ccccc12. The Kier molecular flexibility index (Phi) is 4.15. The Morgan fingerprint density at radius 1 is 1.11 bits per heavy atom. The zero-order chi connectivity index (χ0) is 14.0. The number of alkyl halides is 3. The van der Waals surface area contributed by atoms with Gasteiger partial charge in [-0.15, -0.1) is 0 Å². The van der Waals surface area contributed by atoms with E-state index in [2.05, 4.69) is 0 Å². The van der Waals surface area contributed by atoms with Gasteiger partial charge in [0.2, 0.25) is 0 Å². The van der Waals surface area contributed by atoms with E-state index in [1.54, 1.807) is 18.2 Å². The number of hydrogen-bond acceptors (Lipinski definition) is 1. The lowest BCUT2D eigenvalue weighted by Gasteiger charge is -2.13. The van der Waals surface area contributed by atoms with Crippen LogP contribution < -0.4 is 0 Å². The molecule has 100 valence electrons. The Morgan fingerprint density at radius 3 is 2.47 bits per heavy atom. The molecule has 5 heteroatoms. The molecule has 0 aliphatic heterocycles. The highest BCUT2D eigenvalue weighted by atomic mass is 127. The Bertz CT molecular complexity index is 620. The molecular formula is C14H10F3IO. The fourth-order valence-electron chi connectivity index (χ4n) is 1.87. The molecule has 19 heavy (non-hydrogen) atoms. The van der Waals surface area contributed by atoms with Crippen molar-refractivity contribution in [3.8, 4) is 0 Å². The summed E-state index contributed by atoms with van der Waals surface area (Å²) in [5.74, 6) is 0. The normalized spacial score (nSPS) is 14.2. The van der Waals surface area contributed by atoms with Crippen LogP contribution in [0.3, 0.4) is 0 Å². The summed E-state index contributed by atoms with van der Waals surface area (Å²) < 4.78 is 37.2. The van der Waals surface area contributed by atoms with E-state index in [-0.39, 0.29) is 6.08 Å². The third-order valence-corrected chi connectivity index (χ3v) is 3.62. The van der Waals surface area contributed by atoms with Crippen LogP contribution in [-0.4, -0.2) is 11.3 Å². The largest absolute Gasteiger partial charge is 0.409 e. The molecule has 1 N–H and O–H groups in total. The molecule has 2 aromatic rings. The smallest absolute Gasteiger partial charge is 0.384 e. The highest BCUT2D eigenvalue weighted by molar-refractivity contribution is 14.1. The van der Waals surface area contributed by atoms with Crippen molar-refractivity contribution < 1.29 is 18.3 Å². The zero-order valence-electron chi connectivity index (χ0n) is 9.66. The minimum atomic E-state index is -4.42. The summed E-state index contributed by atoms with van der Waals surface area (Å²) >= 11 is 2.01. The summed E-state index contributed by atoms with van der Waals surface area (Å²) in [7, 11) is 0. The van der Waals surface area contributed by atoms with Crippen LogP contribution in [0.5, 0.6) is 0 Å². The van der Waals surface area contributed by atoms with Crippen molar-refractivity contribution in [2.45, 2.75) is 12.3 Å². The van der Waals surface area contributed by atoms with E-state index in [1.807, 2.05) is 40.8 Å². The maximum atomic E-state index is 12.1. The van der Waals surface area contributed by atoms with Gasteiger partial charge < -0.3 is 5.11 Å². The van der Waals surface area contributed by atoms with E-state index in [1.165, 1.54) is 0 Å². The molecule has 0 aliphatic rings. The molecule has 1 unspecified atom stereocenters. The van der Waals surface area contributed by atoms with Crippen molar-refractivity contribution in [1.82, 2.24) is 0 Å². The third kappa shape index (κ3) is 3.48. The summed E-state index contributed by atoms with van der Waals surface area (Å²) in [4.78, 5) is 0. The lowest BCUT2D eigenvalue weighted by atomic mass is 10.00. The standard InChI is InChI=1S/C14H10F3IO/c15-14(16,17)8-7-12(19)13-10-4-2-1-3-9(10)5-6-11(13)18/h1-8,12,19H/b8-7-. The number of hydrogen-bond donors (Lipinski definition) is 1. The number of fused-ring (bicyclic) bond motifs is 1. The molecule has 2 rings (SSSR count). The topological polar surface area (TPSA) is 20.2 Å². The molecule has 1 nitrogen and oxygen atoms in total. The lowest BCUT2D eigenvalue weighted by Crippen LogP contribution is -2.04. The summed E-state index contributed by atoms with van der Waals surface area (Å²) in [6.07, 6.45) is -4.86. The second-order valence-corrected chi connectivity index (χ2v) is 5.19. The minimum absolute atomic E-state index is 0.0650. The van der Waals surface area contributed by atoms with Crippen molar-refractivity contribution in [1.29, 1.82) is 0 Å². The van der Waals surface area contributed by atoms with Crippen molar-refractivity contribution in [2.75, 3.05) is 0 Å². The Balaban J connectivity index is 2.49. The number of allylic oxidation sites excluding steroid dienone is 1. The molecule has 0 aliphatic carbocycles. The first-order valence-corrected chi connectivity index (χ1v) is 6.57. The molecule has 0 spiro atoms. The molecule has 0 aromatic heterocycles. The average Bonchev–Trinajstić information content (AvgIpc) is 2.35. The van der Waals surface area contributed by atoms with E-state index < -0.39 is 12.3 Å². The van der Waals surface area contributed by atoms with Gasteiger partial charge in [0.25, 0.3) is 0 Å². The maximum Gasteiger partial charge on any atom is 0.409 e. The first kappa shape index (κ1) is 14.3. The number of benzene rings is 2. The van der Waals surface area contributed by atoms with E-state index in [0.717, 1.165) is 20.4 Å². The second kappa shape index (κ2) is 5.50. The van der Waals surface area contributed by atoms with Gasteiger partial charge in [-0.2, -0.15) is 13.2 Å². The third-order valence-electron chi connectivity index (χ3n) is 2.68. The highest BCUT2D eigenvalue weighted by Crippen LogP contribution is 2.30. The van der Waals surface area contributed by atoms with Crippen LogP contribution in [0.15, 0.2) is 48.6 Å². The van der Waals surface area contributed by atoms with Gasteiger partial charge >= 0.3 is 6.18 Å². The van der Waals surface area contributed by atoms with Gasteiger partial charge in [0.1, 0.15) is 0 Å². The van der Waals surface area contributed by atoms with Gasteiger partial charge in [0.15, 0.2) is 0 Å². The van der Waals surface area contributed by atoms with Gasteiger partial charge in [-0.25, -0.2) is 0 Å². The van der Waals surface area contributed by atoms with Crippen molar-refractivity contribution in [3.63, 3.8) is 0 Å². The zero-order valence-corrected chi connectivity index (χ0v) is 11.8. The molecule has 2 aromatic carbocycles. The van der Waals surface area contributed by atoms with E-state index >= 15 is 0 Å². The Morgan fingerprint density at radius 2 is 1.79 bits per heavy atom. The number of halogens is 4. The molecule has 0 radical (unpaired) electrons. The van der Waals surface area contributed by atoms with Crippen LogP contribution >= 0.6 is 22.6 Å². The molecule has 0 saturated heterocycles. The maximum absolute atomic E-state index is 12.1. The van der Waals surface area contributed by atoms with Crippen LogP contribution in [-0.2, 0) is 0 Å². The molecule has 0 amide bonds. The average molecular weight is 378 g/mol. The highest BCUT2D eigenvalue weighted by Gasteiger charge is 2.23. The second-order valence-electron chi connectivity index (χ2n) is 4.03. The molecule has 0 heterocycles. The molecule has 1 atom stereocenters. The quantitative estimate of drug-likeness (QED) is 0.599. The Labute approximate surface area is 121 Å². The predicted molar refractivity (Wildman–Crippen MR) is 76.8 cm³/mol. The van der Waals surface area contributed by atoms with Crippen molar-refractivity contribution in [2.24, 2.45) is 0 Å². The van der Waals surface area contributed by atoms with Gasteiger partial charge in [-0.1, -0.05) is 30.3 Å². The van der Waals surface area contributed by atoms with Gasteiger partial charge in [-0.05, 0) is 45.5 Å². The number of rotatable bonds is 2. The van der Waals surface area contributed by atoms with Crippen molar-refractivity contribution >= 4 is 33.4 Å². The fraction of sp³-hybridized carbons (Fsp3) is 0.143. The van der Waals surface area contributed by atoms with Crippen molar-refractivity contribution in [3.05, 3.63) is 57.7 Å². The lowest BCUT2D eigenvalue weighted by molar-refractivity contribution is -0.0805. The van der Waals surface area contributed by atoms with Crippen LogP contribution in [0.1, 0.15) is 11.7 Å². The van der Waals surface area contributed by atoms with Gasteiger partial charge in [0.05, 0.1) is 6.10 Å². The first-order valence-electron chi connectivity index (χ1n) is 5.50. The van der Waals surface area contributed by atoms with Crippen LogP contribution in [0.4, 0.5) is 13.2 Å². The summed E-state index contributed by atoms with van der Waals surface area (Å²) in [5.41, 5.74) is 0.499. The number of aliphatic hydroxyl groups excluding tert-OH is 1. The van der Waals surface area contributed by atoms with E-state index in [0.29, 0.717) is 5.56 Å². The first-order chi connectivity index (χ1) is 8.88. The molecule has 0 fully saturated rings. The Hall–Kier alpha value is -1.08. The fourth-order valence-corrected chi connectivity index (χ4v) is 2.66. The van der Waals surface area contributed by atoms with E-state index in [9.17, 15) is 18.3 Å². The van der Waals surface area contributed by atoms with E-state index in [4.69, 9.17) is 0 Å². The molecule has 0 bridgehead atoms.